The van der Waals surface area contributed by atoms with Crippen molar-refractivity contribution in [1.29, 1.82) is 0 Å². The first kappa shape index (κ1) is 46.9. The molecule has 2 aromatic carbocycles. The average Bonchev–Trinajstić information content (AvgIpc) is 3.89. The lowest BCUT2D eigenvalue weighted by Gasteiger charge is -2.35. The minimum atomic E-state index is -0.909. The van der Waals surface area contributed by atoms with Gasteiger partial charge in [0.05, 0.1) is 34.5 Å². The van der Waals surface area contributed by atoms with Gasteiger partial charge in [-0.1, -0.05) is 63.1 Å². The van der Waals surface area contributed by atoms with Crippen LogP contribution in [0.4, 0.5) is 20.6 Å². The highest BCUT2D eigenvalue weighted by Crippen LogP contribution is 2.28. The number of anilines is 2. The van der Waals surface area contributed by atoms with E-state index in [1.165, 1.54) is 11.1 Å². The number of aromatic nitrogens is 3. The number of hydrogen-bond donors (Lipinski definition) is 7. The van der Waals surface area contributed by atoms with E-state index in [0.717, 1.165) is 45.1 Å². The number of aryl methyl sites for hydroxylation is 1. The van der Waals surface area contributed by atoms with Gasteiger partial charge in [0.1, 0.15) is 17.8 Å². The highest BCUT2D eigenvalue weighted by Gasteiger charge is 2.44. The summed E-state index contributed by atoms with van der Waals surface area (Å²) >= 11 is 1.57. The van der Waals surface area contributed by atoms with Crippen molar-refractivity contribution in [1.82, 2.24) is 35.8 Å². The number of nitrogens with zero attached hydrogens (tertiary/aromatic N) is 4. The topological polar surface area (TPSA) is 211 Å². The van der Waals surface area contributed by atoms with Crippen LogP contribution in [0.15, 0.2) is 84.6 Å². The van der Waals surface area contributed by atoms with Crippen LogP contribution in [0.2, 0.25) is 0 Å². The van der Waals surface area contributed by atoms with Crippen LogP contribution in [0.3, 0.4) is 0 Å². The molecular formula is C47H52FN9O6S. The molecule has 0 aliphatic carbocycles. The number of pyridine rings is 2. The predicted molar refractivity (Wildman–Crippen MR) is 242 cm³/mol. The number of carbonyl (C=O) groups is 4. The van der Waals surface area contributed by atoms with Crippen LogP contribution in [-0.2, 0) is 34.1 Å². The maximum absolute atomic E-state index is 14.0. The van der Waals surface area contributed by atoms with Gasteiger partial charge in [-0.05, 0) is 72.2 Å². The van der Waals surface area contributed by atoms with E-state index < -0.39 is 48.1 Å². The van der Waals surface area contributed by atoms with E-state index in [9.17, 15) is 33.8 Å². The molecule has 17 heteroatoms. The molecule has 1 saturated heterocycles. The Balaban J connectivity index is 0.930. The SMILES string of the molecule is Cc1ncsc1-c1ccc(CNC(=O)[C@@H]2C[C@@H](O)CN2C(=O)[C@@H](NC(=O)CCCNCc2ccc(C#Cc3cc(NC(=O)Nc4cc(F)ncc4CO)ccn3)cc2)C(C)(C)C)cc1. The Bertz CT molecular complexity index is 2500. The number of carbonyl (C=O) groups excluding carboxylic acids is 4. The maximum Gasteiger partial charge on any atom is 0.323 e. The van der Waals surface area contributed by atoms with Crippen molar-refractivity contribution in [3.8, 4) is 22.3 Å². The number of rotatable bonds is 15. The molecule has 0 radical (unpaired) electrons. The lowest BCUT2D eigenvalue weighted by Crippen LogP contribution is -2.57. The molecule has 64 heavy (non-hydrogen) atoms. The largest absolute Gasteiger partial charge is 0.392 e. The zero-order chi connectivity index (χ0) is 45.8. The van der Waals surface area contributed by atoms with Crippen molar-refractivity contribution in [2.75, 3.05) is 23.7 Å². The third kappa shape index (κ3) is 13.0. The van der Waals surface area contributed by atoms with Gasteiger partial charge in [0.2, 0.25) is 23.7 Å². The minimum absolute atomic E-state index is 0.00183. The van der Waals surface area contributed by atoms with Crippen LogP contribution in [-0.4, -0.2) is 85.1 Å². The molecular weight excluding hydrogens is 838 g/mol. The fourth-order valence-electron chi connectivity index (χ4n) is 7.02. The summed E-state index contributed by atoms with van der Waals surface area (Å²) in [6, 6.07) is 17.3. The van der Waals surface area contributed by atoms with Crippen LogP contribution in [0.1, 0.15) is 73.7 Å². The quantitative estimate of drug-likeness (QED) is 0.0412. The number of β-amino-alcohol motifs (C(OH)–C–C–N with tert-alkyl or cyclic N) is 1. The van der Waals surface area contributed by atoms with Crippen LogP contribution < -0.4 is 26.6 Å². The molecule has 5 aromatic rings. The molecule has 0 unspecified atom stereocenters. The van der Waals surface area contributed by atoms with Crippen LogP contribution in [0.25, 0.3) is 10.4 Å². The number of amides is 5. The van der Waals surface area contributed by atoms with Crippen molar-refractivity contribution in [3.63, 3.8) is 0 Å². The number of nitrogens with one attached hydrogen (secondary N) is 5. The molecule has 3 atom stereocenters. The summed E-state index contributed by atoms with van der Waals surface area (Å²) in [4.78, 5) is 67.6. The van der Waals surface area contributed by atoms with E-state index in [-0.39, 0.29) is 49.0 Å². The first-order chi connectivity index (χ1) is 30.7. The van der Waals surface area contributed by atoms with Crippen molar-refractivity contribution < 1.29 is 33.8 Å². The number of halogens is 1. The first-order valence-corrected chi connectivity index (χ1v) is 21.7. The van der Waals surface area contributed by atoms with Gasteiger partial charge >= 0.3 is 6.03 Å². The molecule has 0 saturated carbocycles. The molecule has 7 N–H and O–H groups in total. The Morgan fingerprint density at radius 3 is 2.39 bits per heavy atom. The summed E-state index contributed by atoms with van der Waals surface area (Å²) in [6.07, 6.45) is 2.59. The van der Waals surface area contributed by atoms with E-state index in [4.69, 9.17) is 0 Å². The molecule has 1 fully saturated rings. The van der Waals surface area contributed by atoms with E-state index in [1.54, 1.807) is 23.5 Å². The van der Waals surface area contributed by atoms with Gasteiger partial charge in [-0.2, -0.15) is 4.39 Å². The zero-order valence-corrected chi connectivity index (χ0v) is 36.9. The highest BCUT2D eigenvalue weighted by atomic mass is 32.1. The predicted octanol–water partition coefficient (Wildman–Crippen LogP) is 5.26. The monoisotopic (exact) mass is 889 g/mol. The number of urea groups is 1. The number of thiazole rings is 1. The fraction of sp³-hybridized carbons (Fsp3) is 0.340. The van der Waals surface area contributed by atoms with E-state index >= 15 is 0 Å². The first-order valence-electron chi connectivity index (χ1n) is 20.8. The molecule has 1 aliphatic rings. The van der Waals surface area contributed by atoms with Gasteiger partial charge in [0, 0.05) is 67.8 Å². The maximum atomic E-state index is 14.0. The molecule has 0 spiro atoms. The highest BCUT2D eigenvalue weighted by molar-refractivity contribution is 7.13. The Hall–Kier alpha value is -6.58. The lowest BCUT2D eigenvalue weighted by atomic mass is 9.85. The van der Waals surface area contributed by atoms with Crippen molar-refractivity contribution in [2.24, 2.45) is 5.41 Å². The lowest BCUT2D eigenvalue weighted by molar-refractivity contribution is -0.144. The van der Waals surface area contributed by atoms with Gasteiger partial charge in [-0.15, -0.1) is 11.3 Å². The van der Waals surface area contributed by atoms with Crippen molar-refractivity contribution >= 4 is 46.5 Å². The van der Waals surface area contributed by atoms with E-state index in [2.05, 4.69) is 53.4 Å². The Kier molecular flexibility index (Phi) is 15.9. The minimum Gasteiger partial charge on any atom is -0.392 e. The van der Waals surface area contributed by atoms with Crippen LogP contribution >= 0.6 is 11.3 Å². The third-order valence-electron chi connectivity index (χ3n) is 10.5. The van der Waals surface area contributed by atoms with Gasteiger partial charge < -0.3 is 41.7 Å². The number of hydrogen-bond acceptors (Lipinski definition) is 11. The number of likely N-dealkylation sites (tertiary alicyclic amines) is 1. The Morgan fingerprint density at radius 1 is 0.953 bits per heavy atom. The second-order valence-corrected chi connectivity index (χ2v) is 17.4. The molecule has 0 bridgehead atoms. The smallest absolute Gasteiger partial charge is 0.323 e. The van der Waals surface area contributed by atoms with Gasteiger partial charge in [0.15, 0.2) is 0 Å². The van der Waals surface area contributed by atoms with E-state index in [0.29, 0.717) is 30.9 Å². The second kappa shape index (κ2) is 21.7. The molecule has 6 rings (SSSR count). The standard InChI is InChI=1S/C47H52FN9O6S/c1-29-42(64-28-53-29)33-14-11-32(12-15-33)24-52-44(61)39-21-37(59)26-57(39)45(62)43(47(2,3)4)56-41(60)6-5-18-49-23-31-9-7-30(8-10-31)13-16-35-20-36(17-19-50-35)54-46(63)55-38-22-40(48)51-25-34(38)27-58/h7-12,14-15,17,19-20,22,25,28,37,39,43,49,58-59H,5-6,18,21,23-24,26-27H2,1-4H3,(H,52,61)(H,56,60)(H2,50,51,54,55,63)/t37-,39+,43-/m1/s1. The zero-order valence-electron chi connectivity index (χ0n) is 36.1. The van der Waals surface area contributed by atoms with Gasteiger partial charge in [-0.3, -0.25) is 14.4 Å². The van der Waals surface area contributed by atoms with Gasteiger partial charge in [-0.25, -0.2) is 19.7 Å². The van der Waals surface area contributed by atoms with Crippen molar-refractivity contribution in [3.05, 3.63) is 124 Å². The summed E-state index contributed by atoms with van der Waals surface area (Å²) in [7, 11) is 0. The van der Waals surface area contributed by atoms with Crippen molar-refractivity contribution in [2.45, 2.75) is 84.8 Å². The van der Waals surface area contributed by atoms with Crippen LogP contribution in [0, 0.1) is 30.1 Å². The van der Waals surface area contributed by atoms with E-state index in [1.807, 2.05) is 81.7 Å². The average molecular weight is 890 g/mol. The normalized spacial score (nSPS) is 15.1. The molecule has 4 heterocycles. The van der Waals surface area contributed by atoms with Crippen LogP contribution in [0.5, 0.6) is 0 Å². The summed E-state index contributed by atoms with van der Waals surface area (Å²) in [5.74, 6) is 4.19. The molecule has 5 amide bonds. The summed E-state index contributed by atoms with van der Waals surface area (Å²) in [5, 5.41) is 34.3. The Morgan fingerprint density at radius 2 is 1.69 bits per heavy atom. The summed E-state index contributed by atoms with van der Waals surface area (Å²) in [5.41, 5.74) is 6.99. The number of benzene rings is 2. The second-order valence-electron chi connectivity index (χ2n) is 16.5. The molecule has 1 aliphatic heterocycles. The molecule has 15 nitrogen and oxygen atoms in total. The number of aliphatic hydroxyl groups excluding tert-OH is 2. The fourth-order valence-corrected chi connectivity index (χ4v) is 7.84. The van der Waals surface area contributed by atoms with Gasteiger partial charge in [0.25, 0.3) is 0 Å². The molecule has 3 aromatic heterocycles. The Labute approximate surface area is 375 Å². The summed E-state index contributed by atoms with van der Waals surface area (Å²) in [6.45, 7) is 8.47. The third-order valence-corrected chi connectivity index (χ3v) is 11.5. The molecule has 334 valence electrons. The summed E-state index contributed by atoms with van der Waals surface area (Å²) < 4.78 is 13.6. The number of aliphatic hydroxyl groups is 2.